The molecule has 0 heterocycles. The monoisotopic (exact) mass is 519 g/mol. The van der Waals surface area contributed by atoms with Crippen LogP contribution in [-0.2, 0) is 9.59 Å². The Morgan fingerprint density at radius 3 is 2.00 bits per heavy atom. The Balaban J connectivity index is 1.54. The zero-order valence-electron chi connectivity index (χ0n) is 19.3. The number of fused-ring (bicyclic) bond motifs is 1. The Morgan fingerprint density at radius 1 is 0.694 bits per heavy atom. The van der Waals surface area contributed by atoms with E-state index in [-0.39, 0.29) is 0 Å². The third-order valence-corrected chi connectivity index (χ3v) is 6.14. The first kappa shape index (κ1) is 25.2. The van der Waals surface area contributed by atoms with Crippen molar-refractivity contribution in [3.05, 3.63) is 112 Å². The molecule has 2 atom stereocenters. The predicted octanol–water partition coefficient (Wildman–Crippen LogP) is 5.76. The SMILES string of the molecule is CC(NC(=O)[C@@H](NC(=O)c1cccc2ccccc12)c1ccc(Cl)cc1)C(=O)Nc1ccc(Cl)cc1. The van der Waals surface area contributed by atoms with Crippen molar-refractivity contribution in [2.75, 3.05) is 5.32 Å². The standard InChI is InChI=1S/C28H23Cl2N3O3/c1-17(26(34)32-22-15-13-21(30)14-16-22)31-28(36)25(19-9-11-20(29)12-10-19)33-27(35)24-8-4-6-18-5-2-3-7-23(18)24/h2-17,25H,1H3,(H,31,36)(H,32,34)(H,33,35)/t17?,25-/m0/s1. The lowest BCUT2D eigenvalue weighted by molar-refractivity contribution is -0.127. The van der Waals surface area contributed by atoms with E-state index in [1.165, 1.54) is 0 Å². The number of carbonyl (C=O) groups excluding carboxylic acids is 3. The first-order chi connectivity index (χ1) is 17.3. The van der Waals surface area contributed by atoms with Gasteiger partial charge in [0, 0.05) is 21.3 Å². The first-order valence-corrected chi connectivity index (χ1v) is 12.0. The molecule has 0 saturated heterocycles. The van der Waals surface area contributed by atoms with Gasteiger partial charge in [-0.2, -0.15) is 0 Å². The third-order valence-electron chi connectivity index (χ3n) is 5.64. The van der Waals surface area contributed by atoms with Crippen molar-refractivity contribution in [2.24, 2.45) is 0 Å². The lowest BCUT2D eigenvalue weighted by Gasteiger charge is -2.22. The summed E-state index contributed by atoms with van der Waals surface area (Å²) in [6.45, 7) is 1.56. The number of hydrogen-bond donors (Lipinski definition) is 3. The summed E-state index contributed by atoms with van der Waals surface area (Å²) in [5, 5.41) is 11.0. The van der Waals surface area contributed by atoms with E-state index in [1.54, 1.807) is 67.6 Å². The van der Waals surface area contributed by atoms with E-state index in [9.17, 15) is 14.4 Å². The summed E-state index contributed by atoms with van der Waals surface area (Å²) in [6.07, 6.45) is 0. The minimum absolute atomic E-state index is 0.416. The molecule has 0 fully saturated rings. The maximum Gasteiger partial charge on any atom is 0.252 e. The Hall–Kier alpha value is -3.87. The van der Waals surface area contributed by atoms with Crippen molar-refractivity contribution in [1.82, 2.24) is 10.6 Å². The van der Waals surface area contributed by atoms with Gasteiger partial charge in [0.25, 0.3) is 5.91 Å². The van der Waals surface area contributed by atoms with Crippen molar-refractivity contribution < 1.29 is 14.4 Å². The number of anilines is 1. The number of rotatable bonds is 7. The Labute approximate surface area is 218 Å². The van der Waals surface area contributed by atoms with Crippen LogP contribution in [0.5, 0.6) is 0 Å². The zero-order valence-corrected chi connectivity index (χ0v) is 20.8. The van der Waals surface area contributed by atoms with Crippen LogP contribution >= 0.6 is 23.2 Å². The van der Waals surface area contributed by atoms with Gasteiger partial charge in [0.1, 0.15) is 12.1 Å². The van der Waals surface area contributed by atoms with Gasteiger partial charge < -0.3 is 16.0 Å². The number of hydrogen-bond acceptors (Lipinski definition) is 3. The molecule has 4 aromatic rings. The Kier molecular flexibility index (Phi) is 7.88. The second-order valence-corrected chi connectivity index (χ2v) is 9.08. The van der Waals surface area contributed by atoms with Crippen LogP contribution < -0.4 is 16.0 Å². The van der Waals surface area contributed by atoms with Crippen LogP contribution in [0.15, 0.2) is 91.0 Å². The molecular formula is C28H23Cl2N3O3. The quantitative estimate of drug-likeness (QED) is 0.290. The molecule has 8 heteroatoms. The molecule has 0 aromatic heterocycles. The third kappa shape index (κ3) is 6.03. The van der Waals surface area contributed by atoms with Gasteiger partial charge in [-0.05, 0) is 65.7 Å². The predicted molar refractivity (Wildman–Crippen MR) is 143 cm³/mol. The first-order valence-electron chi connectivity index (χ1n) is 11.2. The molecule has 0 saturated carbocycles. The smallest absolute Gasteiger partial charge is 0.252 e. The van der Waals surface area contributed by atoms with Gasteiger partial charge in [0.05, 0.1) is 0 Å². The number of halogens is 2. The normalized spacial score (nSPS) is 12.4. The fraction of sp³-hybridized carbons (Fsp3) is 0.107. The second kappa shape index (κ2) is 11.2. The van der Waals surface area contributed by atoms with Crippen LogP contribution in [0.2, 0.25) is 10.0 Å². The molecule has 182 valence electrons. The summed E-state index contributed by atoms with van der Waals surface area (Å²) >= 11 is 11.9. The van der Waals surface area contributed by atoms with Gasteiger partial charge in [-0.15, -0.1) is 0 Å². The molecule has 1 unspecified atom stereocenters. The van der Waals surface area contributed by atoms with Crippen molar-refractivity contribution in [3.8, 4) is 0 Å². The van der Waals surface area contributed by atoms with Gasteiger partial charge >= 0.3 is 0 Å². The van der Waals surface area contributed by atoms with Crippen LogP contribution in [0.4, 0.5) is 5.69 Å². The van der Waals surface area contributed by atoms with E-state index < -0.39 is 29.8 Å². The van der Waals surface area contributed by atoms with Crippen LogP contribution in [0.3, 0.4) is 0 Å². The van der Waals surface area contributed by atoms with Crippen molar-refractivity contribution in [3.63, 3.8) is 0 Å². The maximum atomic E-state index is 13.3. The average molecular weight is 520 g/mol. The summed E-state index contributed by atoms with van der Waals surface area (Å²) in [4.78, 5) is 39.3. The van der Waals surface area contributed by atoms with Crippen molar-refractivity contribution in [2.45, 2.75) is 19.0 Å². The molecule has 0 aliphatic carbocycles. The minimum Gasteiger partial charge on any atom is -0.342 e. The highest BCUT2D eigenvalue weighted by Crippen LogP contribution is 2.22. The fourth-order valence-corrected chi connectivity index (χ4v) is 3.99. The van der Waals surface area contributed by atoms with Crippen LogP contribution in [-0.4, -0.2) is 23.8 Å². The summed E-state index contributed by atoms with van der Waals surface area (Å²) in [6, 6.07) is 24.2. The van der Waals surface area contributed by atoms with E-state index in [0.717, 1.165) is 10.8 Å². The molecule has 4 aromatic carbocycles. The van der Waals surface area contributed by atoms with Gasteiger partial charge in [-0.25, -0.2) is 0 Å². The topological polar surface area (TPSA) is 87.3 Å². The maximum absolute atomic E-state index is 13.3. The number of amides is 3. The molecule has 0 aliphatic heterocycles. The molecule has 4 rings (SSSR count). The van der Waals surface area contributed by atoms with Crippen LogP contribution in [0, 0.1) is 0 Å². The van der Waals surface area contributed by atoms with Crippen molar-refractivity contribution in [1.29, 1.82) is 0 Å². The van der Waals surface area contributed by atoms with Gasteiger partial charge in [-0.3, -0.25) is 14.4 Å². The van der Waals surface area contributed by atoms with Crippen LogP contribution in [0.25, 0.3) is 10.8 Å². The number of benzene rings is 4. The summed E-state index contributed by atoms with van der Waals surface area (Å²) in [5.41, 5.74) is 1.51. The van der Waals surface area contributed by atoms with Crippen molar-refractivity contribution >= 4 is 57.4 Å². The summed E-state index contributed by atoms with van der Waals surface area (Å²) < 4.78 is 0. The molecular weight excluding hydrogens is 497 g/mol. The molecule has 6 nitrogen and oxygen atoms in total. The average Bonchev–Trinajstić information content (AvgIpc) is 2.88. The minimum atomic E-state index is -1.06. The highest BCUT2D eigenvalue weighted by atomic mass is 35.5. The van der Waals surface area contributed by atoms with E-state index in [4.69, 9.17) is 23.2 Å². The lowest BCUT2D eigenvalue weighted by atomic mass is 10.0. The zero-order chi connectivity index (χ0) is 25.7. The molecule has 0 aliphatic rings. The van der Waals surface area contributed by atoms with E-state index in [1.807, 2.05) is 30.3 Å². The van der Waals surface area contributed by atoms with E-state index >= 15 is 0 Å². The highest BCUT2D eigenvalue weighted by molar-refractivity contribution is 6.30. The van der Waals surface area contributed by atoms with Gasteiger partial charge in [-0.1, -0.05) is 71.7 Å². The lowest BCUT2D eigenvalue weighted by Crippen LogP contribution is -2.47. The molecule has 3 amide bonds. The fourth-order valence-electron chi connectivity index (χ4n) is 3.73. The highest BCUT2D eigenvalue weighted by Gasteiger charge is 2.27. The molecule has 0 bridgehead atoms. The van der Waals surface area contributed by atoms with E-state index in [0.29, 0.717) is 26.9 Å². The number of carbonyl (C=O) groups is 3. The van der Waals surface area contributed by atoms with E-state index in [2.05, 4.69) is 16.0 Å². The van der Waals surface area contributed by atoms with Crippen LogP contribution in [0.1, 0.15) is 28.9 Å². The van der Waals surface area contributed by atoms with Gasteiger partial charge in [0.2, 0.25) is 11.8 Å². The Morgan fingerprint density at radius 2 is 1.31 bits per heavy atom. The molecule has 0 radical (unpaired) electrons. The molecule has 3 N–H and O–H groups in total. The summed E-state index contributed by atoms with van der Waals surface area (Å²) in [5.74, 6) is -1.37. The molecule has 0 spiro atoms. The summed E-state index contributed by atoms with van der Waals surface area (Å²) in [7, 11) is 0. The number of nitrogens with one attached hydrogen (secondary N) is 3. The van der Waals surface area contributed by atoms with Gasteiger partial charge in [0.15, 0.2) is 0 Å². The molecule has 36 heavy (non-hydrogen) atoms. The largest absolute Gasteiger partial charge is 0.342 e. The Bertz CT molecular complexity index is 1400. The second-order valence-electron chi connectivity index (χ2n) is 8.21.